The second-order valence-corrected chi connectivity index (χ2v) is 11.4. The first-order chi connectivity index (χ1) is 18.9. The Balaban J connectivity index is 1.85. The van der Waals surface area contributed by atoms with E-state index in [-0.39, 0.29) is 51.1 Å². The number of methoxy groups -OCH3 is 1. The van der Waals surface area contributed by atoms with E-state index in [1.54, 1.807) is 26.8 Å². The molecule has 0 spiro atoms. The molecule has 0 fully saturated rings. The summed E-state index contributed by atoms with van der Waals surface area (Å²) in [6.07, 6.45) is -0.426. The molecular formula is C31H32Cl2O7. The quantitative estimate of drug-likeness (QED) is 0.223. The van der Waals surface area contributed by atoms with Crippen molar-refractivity contribution in [2.45, 2.75) is 59.2 Å². The Labute approximate surface area is 243 Å². The van der Waals surface area contributed by atoms with Gasteiger partial charge < -0.3 is 24.1 Å². The molecule has 0 aliphatic carbocycles. The molecule has 212 valence electrons. The summed E-state index contributed by atoms with van der Waals surface area (Å²) in [6, 6.07) is 12.4. The Bertz CT molecular complexity index is 1450. The van der Waals surface area contributed by atoms with E-state index in [2.05, 4.69) is 0 Å². The van der Waals surface area contributed by atoms with Gasteiger partial charge in [0.1, 0.15) is 23.7 Å². The smallest absolute Gasteiger partial charge is 0.346 e. The van der Waals surface area contributed by atoms with Crippen molar-refractivity contribution in [3.63, 3.8) is 0 Å². The molecule has 0 radical (unpaired) electrons. The number of halogens is 2. The lowest BCUT2D eigenvalue weighted by atomic mass is 9.85. The van der Waals surface area contributed by atoms with E-state index < -0.39 is 23.5 Å². The largest absolute Gasteiger partial charge is 0.495 e. The predicted molar refractivity (Wildman–Crippen MR) is 153 cm³/mol. The summed E-state index contributed by atoms with van der Waals surface area (Å²) in [7, 11) is 1.40. The van der Waals surface area contributed by atoms with Crippen LogP contribution in [0.5, 0.6) is 23.0 Å². The third-order valence-corrected chi connectivity index (χ3v) is 7.94. The van der Waals surface area contributed by atoms with Gasteiger partial charge in [-0.15, -0.1) is 0 Å². The van der Waals surface area contributed by atoms with Gasteiger partial charge in [-0.1, -0.05) is 67.4 Å². The SMILES string of the molecule is COc1c([C@@H](O)CC(C)C)ccc2c1C(=O)OCc1c(Cl)c(C)c(Cl)c(OC(=O)C(C)(C)c3ccccc3)c1O2. The van der Waals surface area contributed by atoms with E-state index in [9.17, 15) is 14.7 Å². The van der Waals surface area contributed by atoms with Crippen molar-refractivity contribution in [1.82, 2.24) is 0 Å². The number of benzene rings is 3. The Morgan fingerprint density at radius 3 is 2.38 bits per heavy atom. The summed E-state index contributed by atoms with van der Waals surface area (Å²) in [5.41, 5.74) is 0.873. The lowest BCUT2D eigenvalue weighted by Gasteiger charge is -2.27. The maximum atomic E-state index is 13.5. The van der Waals surface area contributed by atoms with Gasteiger partial charge >= 0.3 is 11.9 Å². The fourth-order valence-electron chi connectivity index (χ4n) is 4.59. The van der Waals surface area contributed by atoms with Gasteiger partial charge in [0, 0.05) is 5.56 Å². The van der Waals surface area contributed by atoms with Gasteiger partial charge in [-0.3, -0.25) is 4.79 Å². The van der Waals surface area contributed by atoms with Gasteiger partial charge in [0.15, 0.2) is 11.5 Å². The number of ether oxygens (including phenoxy) is 4. The summed E-state index contributed by atoms with van der Waals surface area (Å²) < 4.78 is 23.4. The molecule has 1 atom stereocenters. The first-order valence-electron chi connectivity index (χ1n) is 12.9. The number of rotatable bonds is 7. The van der Waals surface area contributed by atoms with Crippen molar-refractivity contribution in [3.8, 4) is 23.0 Å². The average molecular weight is 587 g/mol. The van der Waals surface area contributed by atoms with Crippen LogP contribution in [-0.4, -0.2) is 24.2 Å². The van der Waals surface area contributed by atoms with E-state index in [0.717, 1.165) is 5.56 Å². The molecule has 1 aliphatic heterocycles. The standard InChI is InChI=1S/C31H32Cl2O7/c1-16(2)14-21(34)19-12-13-22-23(26(19)37-6)29(35)38-15-20-24(32)17(3)25(33)28(27(20)39-22)40-30(36)31(4,5)18-10-8-7-9-11-18/h7-13,16,21,34H,14-15H2,1-6H3/t21-/m0/s1. The molecule has 3 aromatic carbocycles. The molecule has 4 rings (SSSR count). The molecule has 0 amide bonds. The number of esters is 2. The highest BCUT2D eigenvalue weighted by molar-refractivity contribution is 6.38. The minimum absolute atomic E-state index is 0.0110. The fraction of sp³-hybridized carbons (Fsp3) is 0.355. The zero-order valence-corrected chi connectivity index (χ0v) is 24.8. The third kappa shape index (κ3) is 5.51. The van der Waals surface area contributed by atoms with Crippen LogP contribution in [0.1, 0.15) is 72.8 Å². The number of hydrogen-bond acceptors (Lipinski definition) is 7. The minimum atomic E-state index is -1.03. The summed E-state index contributed by atoms with van der Waals surface area (Å²) in [5, 5.41) is 11.1. The van der Waals surface area contributed by atoms with Crippen molar-refractivity contribution >= 4 is 35.1 Å². The second-order valence-electron chi connectivity index (χ2n) is 10.7. The van der Waals surface area contributed by atoms with Crippen molar-refractivity contribution in [3.05, 3.63) is 80.3 Å². The van der Waals surface area contributed by atoms with Crippen LogP contribution in [0, 0.1) is 12.8 Å². The van der Waals surface area contributed by atoms with Crippen LogP contribution in [0.2, 0.25) is 10.0 Å². The highest BCUT2D eigenvalue weighted by Crippen LogP contribution is 2.50. The van der Waals surface area contributed by atoms with Crippen LogP contribution < -0.4 is 14.2 Å². The summed E-state index contributed by atoms with van der Waals surface area (Å²) in [5.74, 6) is -0.892. The van der Waals surface area contributed by atoms with Crippen LogP contribution >= 0.6 is 23.2 Å². The molecule has 1 N–H and O–H groups in total. The van der Waals surface area contributed by atoms with Crippen molar-refractivity contribution < 1.29 is 33.6 Å². The molecule has 1 heterocycles. The number of carbonyl (C=O) groups is 2. The lowest BCUT2D eigenvalue weighted by molar-refractivity contribution is -0.139. The Hall–Kier alpha value is -3.26. The number of fused-ring (bicyclic) bond motifs is 2. The zero-order chi connectivity index (χ0) is 29.4. The Morgan fingerprint density at radius 2 is 1.75 bits per heavy atom. The van der Waals surface area contributed by atoms with Crippen LogP contribution in [0.3, 0.4) is 0 Å². The maximum absolute atomic E-state index is 13.5. The molecular weight excluding hydrogens is 555 g/mol. The van der Waals surface area contributed by atoms with Crippen LogP contribution in [0.15, 0.2) is 42.5 Å². The predicted octanol–water partition coefficient (Wildman–Crippen LogP) is 7.74. The first kappa shape index (κ1) is 29.7. The van der Waals surface area contributed by atoms with E-state index in [4.69, 9.17) is 42.1 Å². The third-order valence-electron chi connectivity index (χ3n) is 6.98. The summed E-state index contributed by atoms with van der Waals surface area (Å²) in [6.45, 7) is 8.85. The molecule has 0 aromatic heterocycles. The lowest BCUT2D eigenvalue weighted by Crippen LogP contribution is -2.33. The summed E-state index contributed by atoms with van der Waals surface area (Å²) in [4.78, 5) is 26.8. The second kappa shape index (κ2) is 11.7. The monoisotopic (exact) mass is 586 g/mol. The van der Waals surface area contributed by atoms with E-state index >= 15 is 0 Å². The molecule has 0 saturated heterocycles. The van der Waals surface area contributed by atoms with Gasteiger partial charge in [0.05, 0.1) is 34.2 Å². The first-order valence-corrected chi connectivity index (χ1v) is 13.7. The van der Waals surface area contributed by atoms with Gasteiger partial charge in [0.25, 0.3) is 0 Å². The molecule has 9 heteroatoms. The van der Waals surface area contributed by atoms with Crippen LogP contribution in [0.25, 0.3) is 0 Å². The molecule has 0 unspecified atom stereocenters. The van der Waals surface area contributed by atoms with Crippen molar-refractivity contribution in [1.29, 1.82) is 0 Å². The van der Waals surface area contributed by atoms with E-state index in [1.165, 1.54) is 13.2 Å². The number of aliphatic hydroxyl groups excluding tert-OH is 1. The number of cyclic esters (lactones) is 1. The van der Waals surface area contributed by atoms with Gasteiger partial charge in [-0.05, 0) is 56.4 Å². The topological polar surface area (TPSA) is 91.3 Å². The number of hydrogen-bond donors (Lipinski definition) is 1. The highest BCUT2D eigenvalue weighted by Gasteiger charge is 2.36. The minimum Gasteiger partial charge on any atom is -0.495 e. The molecule has 40 heavy (non-hydrogen) atoms. The maximum Gasteiger partial charge on any atom is 0.346 e. The molecule has 1 aliphatic rings. The Kier molecular flexibility index (Phi) is 8.69. The fourth-order valence-corrected chi connectivity index (χ4v) is 5.09. The average Bonchev–Trinajstić information content (AvgIpc) is 2.92. The molecule has 0 bridgehead atoms. The van der Waals surface area contributed by atoms with Crippen molar-refractivity contribution in [2.75, 3.05) is 7.11 Å². The molecule has 3 aromatic rings. The highest BCUT2D eigenvalue weighted by atomic mass is 35.5. The Morgan fingerprint density at radius 1 is 1.07 bits per heavy atom. The van der Waals surface area contributed by atoms with Gasteiger partial charge in [0.2, 0.25) is 0 Å². The molecule has 0 saturated carbocycles. The van der Waals surface area contributed by atoms with Crippen LogP contribution in [0.4, 0.5) is 0 Å². The number of carbonyl (C=O) groups excluding carboxylic acids is 2. The molecule has 7 nitrogen and oxygen atoms in total. The summed E-state index contributed by atoms with van der Waals surface area (Å²) >= 11 is 13.3. The van der Waals surface area contributed by atoms with Gasteiger partial charge in [-0.2, -0.15) is 0 Å². The van der Waals surface area contributed by atoms with Gasteiger partial charge in [-0.25, -0.2) is 4.79 Å². The van der Waals surface area contributed by atoms with E-state index in [0.29, 0.717) is 23.1 Å². The van der Waals surface area contributed by atoms with Crippen LogP contribution in [-0.2, 0) is 21.6 Å². The normalized spacial score (nSPS) is 13.8. The van der Waals surface area contributed by atoms with Crippen molar-refractivity contribution in [2.24, 2.45) is 5.92 Å². The van der Waals surface area contributed by atoms with E-state index in [1.807, 2.05) is 44.2 Å². The zero-order valence-electron chi connectivity index (χ0n) is 23.3. The number of aliphatic hydroxyl groups is 1.